The van der Waals surface area contributed by atoms with Crippen molar-refractivity contribution in [2.24, 2.45) is 5.92 Å². The molecule has 1 aromatic carbocycles. The molecule has 0 saturated carbocycles. The number of hydrogen-bond acceptors (Lipinski definition) is 4. The van der Waals surface area contributed by atoms with Crippen LogP contribution in [0.1, 0.15) is 58.1 Å². The minimum atomic E-state index is -0.0625. The zero-order valence-electron chi connectivity index (χ0n) is 15.9. The number of benzene rings is 1. The topological polar surface area (TPSA) is 59.6 Å². The molecule has 0 bridgehead atoms. The van der Waals surface area contributed by atoms with Gasteiger partial charge in [0.1, 0.15) is 0 Å². The predicted octanol–water partition coefficient (Wildman–Crippen LogP) is 3.44. The number of carbonyl (C=O) groups is 1. The lowest BCUT2D eigenvalue weighted by molar-refractivity contribution is -0.122. The van der Waals surface area contributed by atoms with Gasteiger partial charge in [-0.25, -0.2) is 0 Å². The van der Waals surface area contributed by atoms with E-state index in [0.717, 1.165) is 37.1 Å². The second kappa shape index (κ2) is 9.66. The molecule has 0 spiro atoms. The van der Waals surface area contributed by atoms with Crippen LogP contribution < -0.4 is 20.1 Å². The minimum Gasteiger partial charge on any atom is -0.493 e. The van der Waals surface area contributed by atoms with E-state index < -0.39 is 0 Å². The van der Waals surface area contributed by atoms with E-state index in [-0.39, 0.29) is 11.9 Å². The lowest BCUT2D eigenvalue weighted by Gasteiger charge is -2.18. The highest BCUT2D eigenvalue weighted by Gasteiger charge is 2.19. The Morgan fingerprint density at radius 3 is 2.76 bits per heavy atom. The molecule has 1 amide bonds. The Morgan fingerprint density at radius 2 is 2.12 bits per heavy atom. The summed E-state index contributed by atoms with van der Waals surface area (Å²) >= 11 is 0. The number of methoxy groups -OCH3 is 1. The van der Waals surface area contributed by atoms with Gasteiger partial charge in [-0.1, -0.05) is 19.9 Å². The first-order valence-corrected chi connectivity index (χ1v) is 9.33. The largest absolute Gasteiger partial charge is 0.493 e. The highest BCUT2D eigenvalue weighted by atomic mass is 16.5. The van der Waals surface area contributed by atoms with E-state index in [0.29, 0.717) is 30.7 Å². The Morgan fingerprint density at radius 1 is 1.32 bits per heavy atom. The number of hydrogen-bond donors (Lipinski definition) is 2. The summed E-state index contributed by atoms with van der Waals surface area (Å²) in [6.07, 6.45) is 3.78. The molecule has 140 valence electrons. The molecule has 0 radical (unpaired) electrons. The maximum atomic E-state index is 12.2. The van der Waals surface area contributed by atoms with Gasteiger partial charge in [0.15, 0.2) is 11.5 Å². The van der Waals surface area contributed by atoms with Crippen LogP contribution in [-0.4, -0.2) is 32.2 Å². The summed E-state index contributed by atoms with van der Waals surface area (Å²) in [6, 6.07) is 6.12. The standard InChI is InChI=1S/C20H32N2O3/c1-14(2)9-11-25-18-8-7-16(12-19(18)24-4)15(3)22-20(23)13-17-6-5-10-21-17/h7-8,12,14-15,17,21H,5-6,9-11,13H2,1-4H3,(H,22,23). The molecule has 2 unspecified atom stereocenters. The van der Waals surface area contributed by atoms with Crippen LogP contribution in [-0.2, 0) is 4.79 Å². The molecule has 5 nitrogen and oxygen atoms in total. The molecular formula is C20H32N2O3. The summed E-state index contributed by atoms with van der Waals surface area (Å²) in [5.74, 6) is 2.15. The zero-order valence-corrected chi connectivity index (χ0v) is 15.9. The van der Waals surface area contributed by atoms with Crippen LogP contribution in [0.25, 0.3) is 0 Å². The van der Waals surface area contributed by atoms with Crippen molar-refractivity contribution >= 4 is 5.91 Å². The first-order chi connectivity index (χ1) is 12.0. The fourth-order valence-corrected chi connectivity index (χ4v) is 3.02. The quantitative estimate of drug-likeness (QED) is 0.718. The number of carbonyl (C=O) groups excluding carboxylic acids is 1. The van der Waals surface area contributed by atoms with Crippen LogP contribution in [0, 0.1) is 5.92 Å². The van der Waals surface area contributed by atoms with E-state index in [9.17, 15) is 4.79 Å². The molecule has 1 saturated heterocycles. The van der Waals surface area contributed by atoms with E-state index in [1.165, 1.54) is 0 Å². The van der Waals surface area contributed by atoms with Gasteiger partial charge in [-0.3, -0.25) is 4.79 Å². The fraction of sp³-hybridized carbons (Fsp3) is 0.650. The maximum Gasteiger partial charge on any atom is 0.222 e. The third-order valence-corrected chi connectivity index (χ3v) is 4.61. The smallest absolute Gasteiger partial charge is 0.222 e. The molecule has 2 rings (SSSR count). The molecular weight excluding hydrogens is 316 g/mol. The van der Waals surface area contributed by atoms with Crippen LogP contribution >= 0.6 is 0 Å². The van der Waals surface area contributed by atoms with Gasteiger partial charge in [0.05, 0.1) is 19.8 Å². The summed E-state index contributed by atoms with van der Waals surface area (Å²) in [7, 11) is 1.64. The van der Waals surface area contributed by atoms with E-state index in [1.807, 2.05) is 25.1 Å². The monoisotopic (exact) mass is 348 g/mol. The Hall–Kier alpha value is -1.75. The fourth-order valence-electron chi connectivity index (χ4n) is 3.02. The van der Waals surface area contributed by atoms with Crippen LogP contribution in [0.5, 0.6) is 11.5 Å². The highest BCUT2D eigenvalue weighted by Crippen LogP contribution is 2.30. The van der Waals surface area contributed by atoms with Crippen molar-refractivity contribution in [3.05, 3.63) is 23.8 Å². The first kappa shape index (κ1) is 19.6. The second-order valence-corrected chi connectivity index (χ2v) is 7.23. The molecule has 1 fully saturated rings. The molecule has 2 atom stereocenters. The van der Waals surface area contributed by atoms with Gasteiger partial charge < -0.3 is 20.1 Å². The van der Waals surface area contributed by atoms with E-state index >= 15 is 0 Å². The Bertz CT molecular complexity index is 554. The summed E-state index contributed by atoms with van der Waals surface area (Å²) in [5, 5.41) is 6.43. The molecule has 0 aliphatic carbocycles. The first-order valence-electron chi connectivity index (χ1n) is 9.33. The van der Waals surface area contributed by atoms with Crippen molar-refractivity contribution < 1.29 is 14.3 Å². The van der Waals surface area contributed by atoms with E-state index in [2.05, 4.69) is 24.5 Å². The summed E-state index contributed by atoms with van der Waals surface area (Å²) in [6.45, 7) is 8.04. The second-order valence-electron chi connectivity index (χ2n) is 7.23. The lowest BCUT2D eigenvalue weighted by atomic mass is 10.1. The molecule has 1 aliphatic rings. The summed E-state index contributed by atoms with van der Waals surface area (Å²) in [5.41, 5.74) is 1.01. The predicted molar refractivity (Wildman–Crippen MR) is 100 cm³/mol. The van der Waals surface area contributed by atoms with Gasteiger partial charge in [-0.2, -0.15) is 0 Å². The van der Waals surface area contributed by atoms with Crippen molar-refractivity contribution in [2.45, 2.75) is 58.5 Å². The molecule has 5 heteroatoms. The lowest BCUT2D eigenvalue weighted by Crippen LogP contribution is -2.33. The third-order valence-electron chi connectivity index (χ3n) is 4.61. The molecule has 0 aromatic heterocycles. The Labute approximate surface area is 151 Å². The van der Waals surface area contributed by atoms with Gasteiger partial charge in [-0.15, -0.1) is 0 Å². The van der Waals surface area contributed by atoms with Gasteiger partial charge >= 0.3 is 0 Å². The van der Waals surface area contributed by atoms with Gasteiger partial charge in [0.2, 0.25) is 5.91 Å². The normalized spacial score (nSPS) is 18.2. The number of nitrogens with one attached hydrogen (secondary N) is 2. The van der Waals surface area contributed by atoms with Crippen molar-refractivity contribution in [1.29, 1.82) is 0 Å². The van der Waals surface area contributed by atoms with Crippen molar-refractivity contribution in [3.63, 3.8) is 0 Å². The minimum absolute atomic E-state index is 0.0625. The van der Waals surface area contributed by atoms with Gasteiger partial charge in [0, 0.05) is 12.5 Å². The highest BCUT2D eigenvalue weighted by molar-refractivity contribution is 5.77. The van der Waals surface area contributed by atoms with Gasteiger partial charge in [0.25, 0.3) is 0 Å². The average molecular weight is 348 g/mol. The average Bonchev–Trinajstić information content (AvgIpc) is 3.07. The maximum absolute atomic E-state index is 12.2. The molecule has 2 N–H and O–H groups in total. The van der Waals surface area contributed by atoms with Crippen molar-refractivity contribution in [2.75, 3.05) is 20.3 Å². The summed E-state index contributed by atoms with van der Waals surface area (Å²) in [4.78, 5) is 12.2. The van der Waals surface area contributed by atoms with E-state index in [1.54, 1.807) is 7.11 Å². The molecule has 25 heavy (non-hydrogen) atoms. The number of ether oxygens (including phenoxy) is 2. The van der Waals surface area contributed by atoms with Crippen LogP contribution in [0.2, 0.25) is 0 Å². The SMILES string of the molecule is COc1cc(C(C)NC(=O)CC2CCCN2)ccc1OCCC(C)C. The zero-order chi connectivity index (χ0) is 18.2. The Balaban J connectivity index is 1.92. The van der Waals surface area contributed by atoms with Crippen molar-refractivity contribution in [1.82, 2.24) is 10.6 Å². The van der Waals surface area contributed by atoms with Crippen LogP contribution in [0.3, 0.4) is 0 Å². The molecule has 1 aromatic rings. The number of amides is 1. The van der Waals surface area contributed by atoms with Gasteiger partial charge in [-0.05, 0) is 56.3 Å². The molecule has 1 heterocycles. The molecule has 1 aliphatic heterocycles. The number of rotatable bonds is 9. The third kappa shape index (κ3) is 6.24. The Kier molecular flexibility index (Phi) is 7.56. The van der Waals surface area contributed by atoms with Crippen molar-refractivity contribution in [3.8, 4) is 11.5 Å². The van der Waals surface area contributed by atoms with E-state index in [4.69, 9.17) is 9.47 Å². The summed E-state index contributed by atoms with van der Waals surface area (Å²) < 4.78 is 11.3. The van der Waals surface area contributed by atoms with Crippen LogP contribution in [0.15, 0.2) is 18.2 Å². The van der Waals surface area contributed by atoms with Crippen LogP contribution in [0.4, 0.5) is 0 Å².